The number of aromatic nitrogens is 1. The Morgan fingerprint density at radius 3 is 2.88 bits per heavy atom. The zero-order chi connectivity index (χ0) is 12.3. The molecule has 2 heterocycles. The maximum absolute atomic E-state index is 4.71. The fourth-order valence-electron chi connectivity index (χ4n) is 2.44. The summed E-state index contributed by atoms with van der Waals surface area (Å²) >= 11 is 1.93. The van der Waals surface area contributed by atoms with E-state index in [0.717, 1.165) is 6.42 Å². The molecule has 0 saturated carbocycles. The Balaban J connectivity index is 1.97. The van der Waals surface area contributed by atoms with Crippen LogP contribution in [0.4, 0.5) is 0 Å². The number of hydrogen-bond donors (Lipinski definition) is 1. The van der Waals surface area contributed by atoms with Crippen LogP contribution in [0.5, 0.6) is 0 Å². The third-order valence-corrected chi connectivity index (χ3v) is 4.57. The molecule has 1 aromatic rings. The zero-order valence-electron chi connectivity index (χ0n) is 11.3. The highest BCUT2D eigenvalue weighted by Gasteiger charge is 2.16. The van der Waals surface area contributed by atoms with Gasteiger partial charge < -0.3 is 5.32 Å². The molecule has 2 nitrogen and oxygen atoms in total. The predicted molar refractivity (Wildman–Crippen MR) is 74.7 cm³/mol. The SMILES string of the molecule is Cc1nc(CC(C)C)sc1CC1CCCCN1. The summed E-state index contributed by atoms with van der Waals surface area (Å²) in [6.45, 7) is 7.89. The third-order valence-electron chi connectivity index (χ3n) is 3.36. The van der Waals surface area contributed by atoms with Crippen LogP contribution in [0.25, 0.3) is 0 Å². The van der Waals surface area contributed by atoms with Gasteiger partial charge in [0.15, 0.2) is 0 Å². The molecule has 17 heavy (non-hydrogen) atoms. The van der Waals surface area contributed by atoms with Gasteiger partial charge >= 0.3 is 0 Å². The summed E-state index contributed by atoms with van der Waals surface area (Å²) in [5.74, 6) is 0.709. The van der Waals surface area contributed by atoms with E-state index in [-0.39, 0.29) is 0 Å². The lowest BCUT2D eigenvalue weighted by Crippen LogP contribution is -2.35. The van der Waals surface area contributed by atoms with Crippen molar-refractivity contribution in [1.29, 1.82) is 0 Å². The molecule has 1 aliphatic heterocycles. The Bertz CT molecular complexity index is 351. The van der Waals surface area contributed by atoms with E-state index in [9.17, 15) is 0 Å². The van der Waals surface area contributed by atoms with Crippen LogP contribution in [0.15, 0.2) is 0 Å². The van der Waals surface area contributed by atoms with Crippen molar-refractivity contribution in [2.75, 3.05) is 6.54 Å². The smallest absolute Gasteiger partial charge is 0.0933 e. The summed E-state index contributed by atoms with van der Waals surface area (Å²) in [5.41, 5.74) is 1.26. The van der Waals surface area contributed by atoms with Crippen LogP contribution < -0.4 is 5.32 Å². The molecule has 0 spiro atoms. The summed E-state index contributed by atoms with van der Waals surface area (Å²) < 4.78 is 0. The first-order valence-electron chi connectivity index (χ1n) is 6.83. The van der Waals surface area contributed by atoms with Crippen molar-refractivity contribution in [3.63, 3.8) is 0 Å². The minimum Gasteiger partial charge on any atom is -0.314 e. The van der Waals surface area contributed by atoms with Gasteiger partial charge in [0.05, 0.1) is 10.7 Å². The van der Waals surface area contributed by atoms with Gasteiger partial charge in [-0.05, 0) is 38.6 Å². The van der Waals surface area contributed by atoms with Crippen LogP contribution >= 0.6 is 11.3 Å². The van der Waals surface area contributed by atoms with Gasteiger partial charge in [-0.2, -0.15) is 0 Å². The van der Waals surface area contributed by atoms with Crippen molar-refractivity contribution in [3.8, 4) is 0 Å². The van der Waals surface area contributed by atoms with E-state index >= 15 is 0 Å². The second kappa shape index (κ2) is 5.96. The van der Waals surface area contributed by atoms with Gasteiger partial charge in [-0.1, -0.05) is 20.3 Å². The van der Waals surface area contributed by atoms with E-state index in [2.05, 4.69) is 26.1 Å². The van der Waals surface area contributed by atoms with Gasteiger partial charge in [0, 0.05) is 17.3 Å². The number of nitrogens with one attached hydrogen (secondary N) is 1. The Kier molecular flexibility index (Phi) is 4.57. The molecule has 0 aliphatic carbocycles. The van der Waals surface area contributed by atoms with Crippen LogP contribution in [0.2, 0.25) is 0 Å². The standard InChI is InChI=1S/C14H24N2S/c1-10(2)8-14-16-11(3)13(17-14)9-12-6-4-5-7-15-12/h10,12,15H,4-9H2,1-3H3. The number of rotatable bonds is 4. The summed E-state index contributed by atoms with van der Waals surface area (Å²) in [6, 6.07) is 0.690. The fourth-order valence-corrected chi connectivity index (χ4v) is 3.80. The van der Waals surface area contributed by atoms with Crippen molar-refractivity contribution in [2.45, 2.75) is 58.9 Å². The number of piperidine rings is 1. The first-order chi connectivity index (χ1) is 8.15. The number of aryl methyl sites for hydroxylation is 1. The maximum atomic E-state index is 4.71. The first kappa shape index (κ1) is 13.0. The van der Waals surface area contributed by atoms with E-state index in [1.807, 2.05) is 11.3 Å². The highest BCUT2D eigenvalue weighted by molar-refractivity contribution is 7.11. The number of hydrogen-bond acceptors (Lipinski definition) is 3. The molecule has 3 heteroatoms. The average Bonchev–Trinajstić information content (AvgIpc) is 2.59. The van der Waals surface area contributed by atoms with Crippen molar-refractivity contribution in [1.82, 2.24) is 10.3 Å². The molecular weight excluding hydrogens is 228 g/mol. The lowest BCUT2D eigenvalue weighted by Gasteiger charge is -2.22. The Labute approximate surface area is 109 Å². The molecule has 1 aromatic heterocycles. The molecule has 1 fully saturated rings. The van der Waals surface area contributed by atoms with Crippen molar-refractivity contribution in [2.24, 2.45) is 5.92 Å². The van der Waals surface area contributed by atoms with Gasteiger partial charge in [-0.3, -0.25) is 0 Å². The predicted octanol–water partition coefficient (Wildman–Crippen LogP) is 3.33. The molecule has 0 radical (unpaired) electrons. The first-order valence-corrected chi connectivity index (χ1v) is 7.65. The molecule has 2 rings (SSSR count). The summed E-state index contributed by atoms with van der Waals surface area (Å²) in [7, 11) is 0. The molecule has 1 N–H and O–H groups in total. The monoisotopic (exact) mass is 252 g/mol. The minimum absolute atomic E-state index is 0.690. The molecular formula is C14H24N2S. The maximum Gasteiger partial charge on any atom is 0.0933 e. The van der Waals surface area contributed by atoms with Crippen LogP contribution in [0, 0.1) is 12.8 Å². The topological polar surface area (TPSA) is 24.9 Å². The molecule has 96 valence electrons. The lowest BCUT2D eigenvalue weighted by atomic mass is 10.0. The summed E-state index contributed by atoms with van der Waals surface area (Å²) in [4.78, 5) is 6.21. The van der Waals surface area contributed by atoms with Crippen LogP contribution in [0.1, 0.15) is 48.7 Å². The number of thiazole rings is 1. The molecule has 0 amide bonds. The van der Waals surface area contributed by atoms with Crippen molar-refractivity contribution in [3.05, 3.63) is 15.6 Å². The van der Waals surface area contributed by atoms with Gasteiger partial charge in [0.2, 0.25) is 0 Å². The summed E-state index contributed by atoms with van der Waals surface area (Å²) in [6.07, 6.45) is 6.37. The largest absolute Gasteiger partial charge is 0.314 e. The van der Waals surface area contributed by atoms with E-state index in [4.69, 9.17) is 4.98 Å². The van der Waals surface area contributed by atoms with Gasteiger partial charge in [-0.15, -0.1) is 11.3 Å². The van der Waals surface area contributed by atoms with E-state index < -0.39 is 0 Å². The van der Waals surface area contributed by atoms with Crippen LogP contribution in [0.3, 0.4) is 0 Å². The Morgan fingerprint density at radius 1 is 1.41 bits per heavy atom. The Hall–Kier alpha value is -0.410. The highest BCUT2D eigenvalue weighted by Crippen LogP contribution is 2.23. The molecule has 0 bridgehead atoms. The molecule has 1 atom stereocenters. The van der Waals surface area contributed by atoms with Crippen molar-refractivity contribution < 1.29 is 0 Å². The van der Waals surface area contributed by atoms with Gasteiger partial charge in [0.1, 0.15) is 0 Å². The van der Waals surface area contributed by atoms with E-state index in [0.29, 0.717) is 12.0 Å². The zero-order valence-corrected chi connectivity index (χ0v) is 12.1. The van der Waals surface area contributed by atoms with Crippen LogP contribution in [-0.2, 0) is 12.8 Å². The third kappa shape index (κ3) is 3.78. The molecule has 1 saturated heterocycles. The van der Waals surface area contributed by atoms with Gasteiger partial charge in [0.25, 0.3) is 0 Å². The van der Waals surface area contributed by atoms with E-state index in [1.165, 1.54) is 47.8 Å². The minimum atomic E-state index is 0.690. The Morgan fingerprint density at radius 2 is 2.24 bits per heavy atom. The fraction of sp³-hybridized carbons (Fsp3) is 0.786. The second-order valence-electron chi connectivity index (χ2n) is 5.57. The van der Waals surface area contributed by atoms with Crippen molar-refractivity contribution >= 4 is 11.3 Å². The normalized spacial score (nSPS) is 21.1. The highest BCUT2D eigenvalue weighted by atomic mass is 32.1. The average molecular weight is 252 g/mol. The van der Waals surface area contributed by atoms with Crippen LogP contribution in [-0.4, -0.2) is 17.6 Å². The molecule has 0 aromatic carbocycles. The molecule has 1 aliphatic rings. The molecule has 1 unspecified atom stereocenters. The quantitative estimate of drug-likeness (QED) is 0.889. The van der Waals surface area contributed by atoms with Gasteiger partial charge in [-0.25, -0.2) is 4.98 Å². The van der Waals surface area contributed by atoms with E-state index in [1.54, 1.807) is 0 Å². The summed E-state index contributed by atoms with van der Waals surface area (Å²) in [5, 5.41) is 4.95. The second-order valence-corrected chi connectivity index (χ2v) is 6.73. The number of nitrogens with zero attached hydrogens (tertiary/aromatic N) is 1. The lowest BCUT2D eigenvalue weighted by molar-refractivity contribution is 0.400.